The van der Waals surface area contributed by atoms with Crippen LogP contribution >= 0.6 is 0 Å². The third kappa shape index (κ3) is 2.17. The Bertz CT molecular complexity index is 517. The molecule has 1 aromatic carbocycles. The molecule has 4 heteroatoms. The van der Waals surface area contributed by atoms with Gasteiger partial charge in [0.15, 0.2) is 11.6 Å². The summed E-state index contributed by atoms with van der Waals surface area (Å²) in [5.41, 5.74) is 0.746. The van der Waals surface area contributed by atoms with Crippen LogP contribution in [0.3, 0.4) is 0 Å². The number of benzene rings is 1. The first-order chi connectivity index (χ1) is 8.17. The van der Waals surface area contributed by atoms with Gasteiger partial charge in [-0.1, -0.05) is 6.92 Å². The molecule has 2 nitrogen and oxygen atoms in total. The van der Waals surface area contributed by atoms with Gasteiger partial charge in [-0.15, -0.1) is 0 Å². The number of fused-ring (bicyclic) bond motifs is 1. The average Bonchev–Trinajstić information content (AvgIpc) is 2.80. The third-order valence-corrected chi connectivity index (χ3v) is 3.08. The minimum absolute atomic E-state index is 0.135. The molecule has 0 spiro atoms. The lowest BCUT2D eigenvalue weighted by atomic mass is 10.0. The Kier molecular flexibility index (Phi) is 3.43. The highest BCUT2D eigenvalue weighted by Crippen LogP contribution is 2.25. The van der Waals surface area contributed by atoms with E-state index in [1.165, 1.54) is 12.3 Å². The number of rotatable bonds is 4. The Balaban J connectivity index is 2.43. The standard InChI is InChI=1S/C13H15F2NO/c1-3-9(16-2)6-8-7-11-10(4-5-17-11)13(15)12(8)14/h4-5,7,9,16H,3,6H2,1-2H3/t9-/m1/s1. The van der Waals surface area contributed by atoms with Crippen LogP contribution in [0.5, 0.6) is 0 Å². The van der Waals surface area contributed by atoms with Crippen LogP contribution in [0.4, 0.5) is 8.78 Å². The maximum atomic E-state index is 13.8. The van der Waals surface area contributed by atoms with Gasteiger partial charge in [-0.3, -0.25) is 0 Å². The first kappa shape index (κ1) is 12.0. The Morgan fingerprint density at radius 2 is 2.12 bits per heavy atom. The van der Waals surface area contributed by atoms with Crippen LogP contribution < -0.4 is 5.32 Å². The molecule has 2 rings (SSSR count). The lowest BCUT2D eigenvalue weighted by Gasteiger charge is -2.14. The van der Waals surface area contributed by atoms with Crippen LogP contribution in [-0.2, 0) is 6.42 Å². The number of hydrogen-bond donors (Lipinski definition) is 1. The predicted octanol–water partition coefficient (Wildman–Crippen LogP) is 3.25. The second-order valence-electron chi connectivity index (χ2n) is 4.09. The van der Waals surface area contributed by atoms with E-state index < -0.39 is 11.6 Å². The van der Waals surface area contributed by atoms with Gasteiger partial charge in [-0.2, -0.15) is 0 Å². The molecule has 0 aliphatic heterocycles. The molecule has 1 N–H and O–H groups in total. The fourth-order valence-electron chi connectivity index (χ4n) is 1.96. The van der Waals surface area contributed by atoms with Crippen molar-refractivity contribution in [1.82, 2.24) is 5.32 Å². The third-order valence-electron chi connectivity index (χ3n) is 3.08. The molecule has 0 aliphatic rings. The molecule has 1 aromatic heterocycles. The monoisotopic (exact) mass is 239 g/mol. The minimum Gasteiger partial charge on any atom is -0.464 e. The quantitative estimate of drug-likeness (QED) is 0.886. The van der Waals surface area contributed by atoms with Crippen LogP contribution in [0.15, 0.2) is 22.8 Å². The smallest absolute Gasteiger partial charge is 0.170 e. The van der Waals surface area contributed by atoms with Gasteiger partial charge < -0.3 is 9.73 Å². The van der Waals surface area contributed by atoms with E-state index >= 15 is 0 Å². The molecule has 0 saturated heterocycles. The van der Waals surface area contributed by atoms with Crippen molar-refractivity contribution < 1.29 is 13.2 Å². The van der Waals surface area contributed by atoms with Crippen LogP contribution in [0.1, 0.15) is 18.9 Å². The first-order valence-corrected chi connectivity index (χ1v) is 5.68. The maximum absolute atomic E-state index is 13.8. The number of hydrogen-bond acceptors (Lipinski definition) is 2. The molecule has 2 aromatic rings. The molecule has 0 amide bonds. The molecule has 0 unspecified atom stereocenters. The van der Waals surface area contributed by atoms with Gasteiger partial charge >= 0.3 is 0 Å². The summed E-state index contributed by atoms with van der Waals surface area (Å²) in [4.78, 5) is 0. The molecule has 92 valence electrons. The minimum atomic E-state index is -0.822. The van der Waals surface area contributed by atoms with Gasteiger partial charge in [0, 0.05) is 6.04 Å². The maximum Gasteiger partial charge on any atom is 0.170 e. The molecule has 1 heterocycles. The SMILES string of the molecule is CC[C@H](Cc1cc2occc2c(F)c1F)NC. The van der Waals surface area contributed by atoms with Crippen LogP contribution in [0, 0.1) is 11.6 Å². The summed E-state index contributed by atoms with van der Waals surface area (Å²) < 4.78 is 32.6. The molecule has 17 heavy (non-hydrogen) atoms. The molecular weight excluding hydrogens is 224 g/mol. The van der Waals surface area contributed by atoms with Gasteiger partial charge in [-0.05, 0) is 37.6 Å². The van der Waals surface area contributed by atoms with Crippen molar-refractivity contribution in [1.29, 1.82) is 0 Å². The van der Waals surface area contributed by atoms with Crippen molar-refractivity contribution in [2.45, 2.75) is 25.8 Å². The van der Waals surface area contributed by atoms with Crippen LogP contribution in [0.2, 0.25) is 0 Å². The fourth-order valence-corrected chi connectivity index (χ4v) is 1.96. The summed E-state index contributed by atoms with van der Waals surface area (Å²) in [6, 6.07) is 3.15. The lowest BCUT2D eigenvalue weighted by molar-refractivity contribution is 0.483. The number of likely N-dealkylation sites (N-methyl/N-ethyl adjacent to an activating group) is 1. The molecule has 0 radical (unpaired) electrons. The van der Waals surface area contributed by atoms with Crippen molar-refractivity contribution in [3.05, 3.63) is 35.6 Å². The van der Waals surface area contributed by atoms with Gasteiger partial charge in [0.25, 0.3) is 0 Å². The highest BCUT2D eigenvalue weighted by Gasteiger charge is 2.17. The van der Waals surface area contributed by atoms with Crippen molar-refractivity contribution >= 4 is 11.0 Å². The summed E-state index contributed by atoms with van der Waals surface area (Å²) in [6.45, 7) is 2.00. The van der Waals surface area contributed by atoms with E-state index in [2.05, 4.69) is 5.32 Å². The Hall–Kier alpha value is -1.42. The van der Waals surface area contributed by atoms with Gasteiger partial charge in [0.05, 0.1) is 11.6 Å². The van der Waals surface area contributed by atoms with Crippen LogP contribution in [-0.4, -0.2) is 13.1 Å². The molecule has 1 atom stereocenters. The fraction of sp³-hybridized carbons (Fsp3) is 0.385. The van der Waals surface area contributed by atoms with Gasteiger partial charge in [-0.25, -0.2) is 8.78 Å². The number of furan rings is 1. The molecular formula is C13H15F2NO. The second kappa shape index (κ2) is 4.84. The van der Waals surface area contributed by atoms with E-state index in [4.69, 9.17) is 4.42 Å². The largest absolute Gasteiger partial charge is 0.464 e. The van der Waals surface area contributed by atoms with Gasteiger partial charge in [0.1, 0.15) is 5.58 Å². The molecule has 0 aliphatic carbocycles. The normalized spacial score (nSPS) is 13.2. The van der Waals surface area contributed by atoms with Crippen molar-refractivity contribution in [2.75, 3.05) is 7.05 Å². The van der Waals surface area contributed by atoms with E-state index in [0.717, 1.165) is 6.42 Å². The zero-order valence-corrected chi connectivity index (χ0v) is 9.89. The van der Waals surface area contributed by atoms with Crippen molar-refractivity contribution in [2.24, 2.45) is 0 Å². The van der Waals surface area contributed by atoms with E-state index in [-0.39, 0.29) is 11.4 Å². The Morgan fingerprint density at radius 1 is 1.35 bits per heavy atom. The average molecular weight is 239 g/mol. The summed E-state index contributed by atoms with van der Waals surface area (Å²) in [6.07, 6.45) is 2.67. The summed E-state index contributed by atoms with van der Waals surface area (Å²) >= 11 is 0. The highest BCUT2D eigenvalue weighted by molar-refractivity contribution is 5.78. The summed E-state index contributed by atoms with van der Waals surface area (Å²) in [5, 5.41) is 3.27. The lowest BCUT2D eigenvalue weighted by Crippen LogP contribution is -2.27. The zero-order chi connectivity index (χ0) is 12.4. The van der Waals surface area contributed by atoms with Crippen molar-refractivity contribution in [3.8, 4) is 0 Å². The summed E-state index contributed by atoms with van der Waals surface area (Å²) in [7, 11) is 1.81. The number of nitrogens with one attached hydrogen (secondary N) is 1. The van der Waals surface area contributed by atoms with Gasteiger partial charge in [0.2, 0.25) is 0 Å². The van der Waals surface area contributed by atoms with E-state index in [9.17, 15) is 8.78 Å². The zero-order valence-electron chi connectivity index (χ0n) is 9.89. The molecule has 0 saturated carbocycles. The van der Waals surface area contributed by atoms with Crippen LogP contribution in [0.25, 0.3) is 11.0 Å². The Morgan fingerprint density at radius 3 is 2.76 bits per heavy atom. The predicted molar refractivity (Wildman–Crippen MR) is 63.0 cm³/mol. The first-order valence-electron chi connectivity index (χ1n) is 5.68. The Labute approximate surface area is 98.6 Å². The highest BCUT2D eigenvalue weighted by atomic mass is 19.2. The van der Waals surface area contributed by atoms with Crippen molar-refractivity contribution in [3.63, 3.8) is 0 Å². The topological polar surface area (TPSA) is 25.2 Å². The summed E-state index contributed by atoms with van der Waals surface area (Å²) in [5.74, 6) is -1.59. The molecule has 0 fully saturated rings. The van der Waals surface area contributed by atoms with E-state index in [0.29, 0.717) is 17.6 Å². The second-order valence-corrected chi connectivity index (χ2v) is 4.09. The number of halogens is 2. The van der Waals surface area contributed by atoms with E-state index in [1.54, 1.807) is 6.07 Å². The molecule has 0 bridgehead atoms. The van der Waals surface area contributed by atoms with E-state index in [1.807, 2.05) is 14.0 Å².